The van der Waals surface area contributed by atoms with Crippen LogP contribution in [0.2, 0.25) is 0 Å². The summed E-state index contributed by atoms with van der Waals surface area (Å²) in [4.78, 5) is 6.08. The van der Waals surface area contributed by atoms with Gasteiger partial charge in [0.25, 0.3) is 0 Å². The third-order valence-corrected chi connectivity index (χ3v) is 6.67. The van der Waals surface area contributed by atoms with E-state index in [0.29, 0.717) is 16.9 Å². The van der Waals surface area contributed by atoms with Crippen LogP contribution in [-0.2, 0) is 0 Å². The largest absolute Gasteiger partial charge is 0.384 e. The lowest BCUT2D eigenvalue weighted by Gasteiger charge is -2.21. The molecule has 2 nitrogen and oxygen atoms in total. The topological polar surface area (TPSA) is 33.1 Å². The lowest BCUT2D eigenvalue weighted by Crippen LogP contribution is -2.12. The van der Waals surface area contributed by atoms with E-state index < -0.39 is 17.7 Å². The van der Waals surface area contributed by atoms with Gasteiger partial charge >= 0.3 is 0 Å². The summed E-state index contributed by atoms with van der Waals surface area (Å²) in [6, 6.07) is 11.2. The van der Waals surface area contributed by atoms with Crippen molar-refractivity contribution < 1.29 is 13.9 Å². The van der Waals surface area contributed by atoms with E-state index in [1.807, 2.05) is 17.5 Å². The van der Waals surface area contributed by atoms with Gasteiger partial charge in [-0.15, -0.1) is 23.1 Å². The normalized spacial score (nSPS) is 18.3. The van der Waals surface area contributed by atoms with Gasteiger partial charge in [-0.05, 0) is 34.7 Å². The van der Waals surface area contributed by atoms with Crippen LogP contribution in [0.25, 0.3) is 4.91 Å². The first-order valence-electron chi connectivity index (χ1n) is 8.09. The van der Waals surface area contributed by atoms with E-state index in [1.165, 1.54) is 12.1 Å². The highest BCUT2D eigenvalue weighted by molar-refractivity contribution is 8.08. The average molecular weight is 387 g/mol. The molecule has 0 fully saturated rings. The van der Waals surface area contributed by atoms with Gasteiger partial charge < -0.3 is 5.11 Å². The maximum absolute atomic E-state index is 14.4. The molecular weight excluding hydrogens is 372 g/mol. The van der Waals surface area contributed by atoms with Gasteiger partial charge in [0.2, 0.25) is 0 Å². The third kappa shape index (κ3) is 3.20. The van der Waals surface area contributed by atoms with E-state index in [-0.39, 0.29) is 5.92 Å². The molecule has 3 aromatic rings. The minimum Gasteiger partial charge on any atom is -0.384 e. The molecule has 2 atom stereocenters. The molecule has 1 aliphatic heterocycles. The minimum atomic E-state index is -0.898. The van der Waals surface area contributed by atoms with E-state index in [1.54, 1.807) is 47.6 Å². The molecule has 6 heteroatoms. The summed E-state index contributed by atoms with van der Waals surface area (Å²) in [6.07, 6.45) is 2.36. The van der Waals surface area contributed by atoms with Crippen molar-refractivity contribution in [3.63, 3.8) is 0 Å². The lowest BCUT2D eigenvalue weighted by molar-refractivity contribution is 0.210. The molecule has 1 aromatic carbocycles. The Hall–Kier alpha value is -2.02. The lowest BCUT2D eigenvalue weighted by atomic mass is 9.86. The maximum atomic E-state index is 14.4. The van der Waals surface area contributed by atoms with Crippen LogP contribution in [0.15, 0.2) is 65.8 Å². The SMILES string of the molecule is OC(C1=C(c2cccs2)SCC1c1ccc(F)cc1F)c1cccnc1. The molecule has 0 bridgehead atoms. The average Bonchev–Trinajstić information content (AvgIpc) is 3.31. The van der Waals surface area contributed by atoms with Gasteiger partial charge in [0, 0.05) is 45.5 Å². The van der Waals surface area contributed by atoms with Gasteiger partial charge in [-0.2, -0.15) is 0 Å². The van der Waals surface area contributed by atoms with Crippen LogP contribution < -0.4 is 0 Å². The number of thiophene rings is 1. The Morgan fingerprint density at radius 1 is 1.15 bits per heavy atom. The molecule has 2 unspecified atom stereocenters. The smallest absolute Gasteiger partial charge is 0.129 e. The van der Waals surface area contributed by atoms with Crippen LogP contribution in [0.4, 0.5) is 8.78 Å². The van der Waals surface area contributed by atoms with E-state index in [2.05, 4.69) is 4.98 Å². The third-order valence-electron chi connectivity index (χ3n) is 4.41. The molecule has 0 radical (unpaired) electrons. The number of hydrogen-bond donors (Lipinski definition) is 1. The van der Waals surface area contributed by atoms with Crippen molar-refractivity contribution in [2.24, 2.45) is 0 Å². The van der Waals surface area contributed by atoms with Crippen molar-refractivity contribution in [3.05, 3.63) is 93.4 Å². The highest BCUT2D eigenvalue weighted by Crippen LogP contribution is 2.52. The maximum Gasteiger partial charge on any atom is 0.129 e. The first-order chi connectivity index (χ1) is 12.6. The molecule has 1 aliphatic rings. The van der Waals surface area contributed by atoms with Crippen LogP contribution in [0.5, 0.6) is 0 Å². The second-order valence-electron chi connectivity index (χ2n) is 5.98. The summed E-state index contributed by atoms with van der Waals surface area (Å²) in [5.41, 5.74) is 1.81. The van der Waals surface area contributed by atoms with Gasteiger partial charge in [-0.3, -0.25) is 4.98 Å². The van der Waals surface area contributed by atoms with Crippen LogP contribution in [0, 0.1) is 11.6 Å². The van der Waals surface area contributed by atoms with Gasteiger partial charge in [0.1, 0.15) is 17.7 Å². The number of rotatable bonds is 4. The van der Waals surface area contributed by atoms with Crippen molar-refractivity contribution in [2.75, 3.05) is 5.75 Å². The number of aliphatic hydroxyl groups excluding tert-OH is 1. The van der Waals surface area contributed by atoms with Crippen molar-refractivity contribution in [3.8, 4) is 0 Å². The predicted molar refractivity (Wildman–Crippen MR) is 102 cm³/mol. The summed E-state index contributed by atoms with van der Waals surface area (Å²) in [5.74, 6) is -0.914. The first kappa shape index (κ1) is 17.4. The summed E-state index contributed by atoms with van der Waals surface area (Å²) in [6.45, 7) is 0. The zero-order valence-corrected chi connectivity index (χ0v) is 15.2. The zero-order valence-electron chi connectivity index (χ0n) is 13.6. The van der Waals surface area contributed by atoms with E-state index in [4.69, 9.17) is 0 Å². The summed E-state index contributed by atoms with van der Waals surface area (Å²) < 4.78 is 27.8. The van der Waals surface area contributed by atoms with E-state index >= 15 is 0 Å². The fourth-order valence-corrected chi connectivity index (χ4v) is 5.52. The Labute approximate surface area is 158 Å². The fraction of sp³-hybridized carbons (Fsp3) is 0.150. The van der Waals surface area contributed by atoms with E-state index in [0.717, 1.165) is 21.4 Å². The summed E-state index contributed by atoms with van der Waals surface area (Å²) in [5, 5.41) is 13.0. The molecule has 1 N–H and O–H groups in total. The molecule has 0 saturated heterocycles. The molecule has 2 aromatic heterocycles. The van der Waals surface area contributed by atoms with Crippen LogP contribution in [0.3, 0.4) is 0 Å². The Morgan fingerprint density at radius 2 is 2.04 bits per heavy atom. The van der Waals surface area contributed by atoms with Crippen molar-refractivity contribution in [2.45, 2.75) is 12.0 Å². The number of aromatic nitrogens is 1. The van der Waals surface area contributed by atoms with Crippen LogP contribution in [-0.4, -0.2) is 15.8 Å². The van der Waals surface area contributed by atoms with Gasteiger partial charge in [0.15, 0.2) is 0 Å². The molecule has 0 aliphatic carbocycles. The van der Waals surface area contributed by atoms with Gasteiger partial charge in [-0.1, -0.05) is 18.2 Å². The quantitative estimate of drug-likeness (QED) is 0.651. The first-order valence-corrected chi connectivity index (χ1v) is 9.95. The second-order valence-corrected chi connectivity index (χ2v) is 7.96. The predicted octanol–water partition coefficient (Wildman–Crippen LogP) is 5.40. The molecule has 0 amide bonds. The Kier molecular flexibility index (Phi) is 4.89. The van der Waals surface area contributed by atoms with Crippen molar-refractivity contribution >= 4 is 28.0 Å². The highest BCUT2D eigenvalue weighted by Gasteiger charge is 2.35. The molecule has 0 spiro atoms. The Morgan fingerprint density at radius 3 is 2.73 bits per heavy atom. The summed E-state index contributed by atoms with van der Waals surface area (Å²) >= 11 is 3.18. The number of pyridine rings is 1. The number of halogens is 2. The van der Waals surface area contributed by atoms with Crippen LogP contribution >= 0.6 is 23.1 Å². The number of benzene rings is 1. The minimum absolute atomic E-state index is 0.326. The molecule has 4 rings (SSSR count). The fourth-order valence-electron chi connectivity index (χ4n) is 3.19. The monoisotopic (exact) mass is 387 g/mol. The molecule has 132 valence electrons. The summed E-state index contributed by atoms with van der Waals surface area (Å²) in [7, 11) is 0. The van der Waals surface area contributed by atoms with E-state index in [9.17, 15) is 13.9 Å². The van der Waals surface area contributed by atoms with Gasteiger partial charge in [-0.25, -0.2) is 8.78 Å². The molecule has 26 heavy (non-hydrogen) atoms. The standard InChI is InChI=1S/C20H15F2NOS2/c21-13-5-6-14(16(22)9-13)15-11-26-20(17-4-2-8-25-17)18(15)19(24)12-3-1-7-23-10-12/h1-10,15,19,24H,11H2. The van der Waals surface area contributed by atoms with Crippen molar-refractivity contribution in [1.29, 1.82) is 0 Å². The highest BCUT2D eigenvalue weighted by atomic mass is 32.2. The number of nitrogens with zero attached hydrogens (tertiary/aromatic N) is 1. The molecular formula is C20H15F2NOS2. The zero-order chi connectivity index (χ0) is 18.1. The Bertz CT molecular complexity index is 942. The number of thioether (sulfide) groups is 1. The van der Waals surface area contributed by atoms with Crippen molar-refractivity contribution in [1.82, 2.24) is 4.98 Å². The molecule has 3 heterocycles. The number of aliphatic hydroxyl groups is 1. The van der Waals surface area contributed by atoms with Crippen LogP contribution in [0.1, 0.15) is 28.0 Å². The molecule has 0 saturated carbocycles. The Balaban J connectivity index is 1.84. The van der Waals surface area contributed by atoms with Gasteiger partial charge in [0.05, 0.1) is 0 Å². The number of hydrogen-bond acceptors (Lipinski definition) is 4. The second kappa shape index (κ2) is 7.31.